The molecule has 170 valence electrons. The first kappa shape index (κ1) is 20.8. The predicted molar refractivity (Wildman–Crippen MR) is 132 cm³/mol. The van der Waals surface area contributed by atoms with Crippen molar-refractivity contribution in [2.24, 2.45) is 0 Å². The molecule has 0 radical (unpaired) electrons. The largest absolute Gasteiger partial charge is 0.378 e. The van der Waals surface area contributed by atoms with Gasteiger partial charge in [0.05, 0.1) is 35.6 Å². The summed E-state index contributed by atoms with van der Waals surface area (Å²) < 4.78 is 12.9. The van der Waals surface area contributed by atoms with Crippen molar-refractivity contribution in [3.05, 3.63) is 53.3 Å². The van der Waals surface area contributed by atoms with Gasteiger partial charge in [-0.3, -0.25) is 0 Å². The van der Waals surface area contributed by atoms with E-state index in [1.54, 1.807) is 17.7 Å². The van der Waals surface area contributed by atoms with Gasteiger partial charge in [0, 0.05) is 37.0 Å². The molecule has 0 bridgehead atoms. The van der Waals surface area contributed by atoms with Crippen molar-refractivity contribution in [3.63, 3.8) is 0 Å². The maximum absolute atomic E-state index is 6.23. The number of hydrogen-bond acceptors (Lipinski definition) is 8. The molecule has 1 N–H and O–H groups in total. The number of aromatic nitrogens is 3. The Morgan fingerprint density at radius 3 is 2.73 bits per heavy atom. The molecule has 5 heterocycles. The van der Waals surface area contributed by atoms with E-state index in [1.165, 1.54) is 16.7 Å². The highest BCUT2D eigenvalue weighted by Gasteiger charge is 2.33. The minimum atomic E-state index is -0.223. The van der Waals surface area contributed by atoms with Gasteiger partial charge in [-0.25, -0.2) is 15.0 Å². The molecule has 6 rings (SSSR count). The summed E-state index contributed by atoms with van der Waals surface area (Å²) in [6.45, 7) is 8.76. The van der Waals surface area contributed by atoms with Crippen LogP contribution >= 0.6 is 11.3 Å². The van der Waals surface area contributed by atoms with Crippen LogP contribution in [0.25, 0.3) is 20.4 Å². The molecule has 0 unspecified atom stereocenters. The summed E-state index contributed by atoms with van der Waals surface area (Å²) in [6.07, 6.45) is 2.50. The number of fused-ring (bicyclic) bond motifs is 5. The van der Waals surface area contributed by atoms with Crippen molar-refractivity contribution in [3.8, 4) is 0 Å². The van der Waals surface area contributed by atoms with Crippen LogP contribution in [0.1, 0.15) is 30.5 Å². The second kappa shape index (κ2) is 8.20. The van der Waals surface area contributed by atoms with E-state index in [0.29, 0.717) is 13.2 Å². The highest BCUT2D eigenvalue weighted by molar-refractivity contribution is 7.26. The van der Waals surface area contributed by atoms with Crippen molar-refractivity contribution in [2.75, 3.05) is 36.5 Å². The number of pyridine rings is 1. The predicted octanol–water partition coefficient (Wildman–Crippen LogP) is 4.54. The second-order valence-corrected chi connectivity index (χ2v) is 10.2. The summed E-state index contributed by atoms with van der Waals surface area (Å²) in [4.78, 5) is 17.8. The molecule has 2 aliphatic heterocycles. The van der Waals surface area contributed by atoms with Gasteiger partial charge in [0.2, 0.25) is 0 Å². The molecule has 3 aromatic heterocycles. The molecule has 1 saturated heterocycles. The fourth-order valence-corrected chi connectivity index (χ4v) is 5.85. The molecule has 4 aromatic rings. The summed E-state index contributed by atoms with van der Waals surface area (Å²) in [6, 6.07) is 10.4. The van der Waals surface area contributed by atoms with E-state index >= 15 is 0 Å². The van der Waals surface area contributed by atoms with E-state index in [2.05, 4.69) is 53.3 Å². The summed E-state index contributed by atoms with van der Waals surface area (Å²) in [5.41, 5.74) is 4.49. The molecule has 1 fully saturated rings. The molecule has 0 atom stereocenters. The lowest BCUT2D eigenvalue weighted by Gasteiger charge is -2.36. The Hall–Kier alpha value is -2.81. The molecule has 0 amide bonds. The van der Waals surface area contributed by atoms with Gasteiger partial charge < -0.3 is 19.7 Å². The van der Waals surface area contributed by atoms with Crippen molar-refractivity contribution in [1.29, 1.82) is 0 Å². The van der Waals surface area contributed by atoms with Gasteiger partial charge >= 0.3 is 0 Å². The Morgan fingerprint density at radius 1 is 1.09 bits per heavy atom. The molecule has 7 nitrogen and oxygen atoms in total. The summed E-state index contributed by atoms with van der Waals surface area (Å²) in [7, 11) is 0. The van der Waals surface area contributed by atoms with Crippen LogP contribution in [0.2, 0.25) is 0 Å². The lowest BCUT2D eigenvalue weighted by atomic mass is 9.90. The standard InChI is InChI=1S/C25H27N5O2S/c1-25(2)12-17-18(14-32-25)23(30-8-10-31-11-9-30)29-24-19(17)20-21(33-24)22(28-15-27-20)26-13-16-6-4-3-5-7-16/h3-7,15H,8-14H2,1-2H3,(H,26,27,28). The number of benzene rings is 1. The van der Waals surface area contributed by atoms with Gasteiger partial charge in [0.1, 0.15) is 22.8 Å². The van der Waals surface area contributed by atoms with Crippen LogP contribution in [-0.4, -0.2) is 46.9 Å². The number of ether oxygens (including phenoxy) is 2. The fourth-order valence-electron chi connectivity index (χ4n) is 4.73. The van der Waals surface area contributed by atoms with Crippen molar-refractivity contribution in [2.45, 2.75) is 39.0 Å². The lowest BCUT2D eigenvalue weighted by Crippen LogP contribution is -2.39. The van der Waals surface area contributed by atoms with Gasteiger partial charge in [-0.15, -0.1) is 11.3 Å². The number of morpholine rings is 1. The fraction of sp³-hybridized carbons (Fsp3) is 0.400. The van der Waals surface area contributed by atoms with E-state index < -0.39 is 0 Å². The first-order chi connectivity index (χ1) is 16.1. The Balaban J connectivity index is 1.50. The van der Waals surface area contributed by atoms with Crippen LogP contribution < -0.4 is 10.2 Å². The number of rotatable bonds is 4. The molecule has 0 aliphatic carbocycles. The zero-order chi connectivity index (χ0) is 22.4. The van der Waals surface area contributed by atoms with Crippen LogP contribution in [-0.2, 0) is 29.0 Å². The number of hydrogen-bond donors (Lipinski definition) is 1. The summed E-state index contributed by atoms with van der Waals surface area (Å²) >= 11 is 1.68. The maximum Gasteiger partial charge on any atom is 0.147 e. The molecule has 33 heavy (non-hydrogen) atoms. The average Bonchev–Trinajstić information content (AvgIpc) is 3.22. The summed E-state index contributed by atoms with van der Waals surface area (Å²) in [5.74, 6) is 1.90. The molecule has 0 saturated carbocycles. The lowest BCUT2D eigenvalue weighted by molar-refractivity contribution is -0.0396. The molecule has 2 aliphatic rings. The van der Waals surface area contributed by atoms with Gasteiger partial charge in [-0.05, 0) is 25.0 Å². The van der Waals surface area contributed by atoms with Crippen molar-refractivity contribution >= 4 is 43.4 Å². The van der Waals surface area contributed by atoms with Crippen LogP contribution in [0, 0.1) is 0 Å². The number of nitrogens with zero attached hydrogens (tertiary/aromatic N) is 4. The quantitative estimate of drug-likeness (QED) is 0.478. The maximum atomic E-state index is 6.23. The third-order valence-electron chi connectivity index (χ3n) is 6.42. The van der Waals surface area contributed by atoms with E-state index in [0.717, 1.165) is 64.8 Å². The van der Waals surface area contributed by atoms with E-state index in [4.69, 9.17) is 19.4 Å². The van der Waals surface area contributed by atoms with Crippen LogP contribution in [0.15, 0.2) is 36.7 Å². The van der Waals surface area contributed by atoms with Crippen LogP contribution in [0.5, 0.6) is 0 Å². The Kier molecular flexibility index (Phi) is 5.16. The first-order valence-electron chi connectivity index (χ1n) is 11.4. The van der Waals surface area contributed by atoms with Gasteiger partial charge in [0.25, 0.3) is 0 Å². The van der Waals surface area contributed by atoms with E-state index in [1.807, 2.05) is 6.07 Å². The summed E-state index contributed by atoms with van der Waals surface area (Å²) in [5, 5.41) is 4.68. The zero-order valence-corrected chi connectivity index (χ0v) is 19.7. The van der Waals surface area contributed by atoms with Crippen molar-refractivity contribution < 1.29 is 9.47 Å². The number of anilines is 2. The van der Waals surface area contributed by atoms with E-state index in [-0.39, 0.29) is 5.60 Å². The molecular formula is C25H27N5O2S. The van der Waals surface area contributed by atoms with Gasteiger partial charge in [-0.1, -0.05) is 30.3 Å². The smallest absolute Gasteiger partial charge is 0.147 e. The Morgan fingerprint density at radius 2 is 1.91 bits per heavy atom. The van der Waals surface area contributed by atoms with E-state index in [9.17, 15) is 0 Å². The minimum Gasteiger partial charge on any atom is -0.378 e. The third-order valence-corrected chi connectivity index (χ3v) is 7.50. The van der Waals surface area contributed by atoms with Crippen LogP contribution in [0.4, 0.5) is 11.6 Å². The number of nitrogens with one attached hydrogen (secondary N) is 1. The monoisotopic (exact) mass is 461 g/mol. The highest BCUT2D eigenvalue weighted by atomic mass is 32.1. The Bertz CT molecular complexity index is 1320. The first-order valence-corrected chi connectivity index (χ1v) is 12.2. The Labute approximate surface area is 196 Å². The van der Waals surface area contributed by atoms with Gasteiger partial charge in [0.15, 0.2) is 0 Å². The molecule has 8 heteroatoms. The second-order valence-electron chi connectivity index (χ2n) is 9.24. The van der Waals surface area contributed by atoms with Gasteiger partial charge in [-0.2, -0.15) is 0 Å². The topological polar surface area (TPSA) is 72.4 Å². The SMILES string of the molecule is CC1(C)Cc2c(c(N3CCOCC3)nc3sc4c(NCc5ccccc5)ncnc4c23)CO1. The zero-order valence-electron chi connectivity index (χ0n) is 18.9. The molecule has 0 spiro atoms. The highest BCUT2D eigenvalue weighted by Crippen LogP contribution is 2.44. The molecule has 1 aromatic carbocycles. The number of thiophene rings is 1. The molecular weight excluding hydrogens is 434 g/mol. The van der Waals surface area contributed by atoms with Crippen molar-refractivity contribution in [1.82, 2.24) is 15.0 Å². The average molecular weight is 462 g/mol. The van der Waals surface area contributed by atoms with Crippen LogP contribution in [0.3, 0.4) is 0 Å². The minimum absolute atomic E-state index is 0.223. The third kappa shape index (κ3) is 3.82. The normalized spacial score (nSPS) is 17.9.